The number of carboxylic acids is 1. The number of amides is 2. The molecular formula is C16H16N2O4. The van der Waals surface area contributed by atoms with Gasteiger partial charge in [-0.05, 0) is 12.5 Å². The van der Waals surface area contributed by atoms with E-state index in [1.807, 2.05) is 36.4 Å². The third-order valence-corrected chi connectivity index (χ3v) is 4.41. The maximum atomic E-state index is 12.0. The number of benzene rings is 1. The number of nitrogens with one attached hydrogen (secondary N) is 2. The average Bonchev–Trinajstić information content (AvgIpc) is 2.96. The van der Waals surface area contributed by atoms with Crippen molar-refractivity contribution < 1.29 is 19.5 Å². The Bertz CT molecular complexity index is 670. The Balaban J connectivity index is 1.93. The molecule has 2 amide bonds. The van der Waals surface area contributed by atoms with Crippen molar-refractivity contribution in [2.75, 3.05) is 0 Å². The third-order valence-electron chi connectivity index (χ3n) is 4.41. The summed E-state index contributed by atoms with van der Waals surface area (Å²) in [6.45, 7) is 1.45. The summed E-state index contributed by atoms with van der Waals surface area (Å²) in [6.07, 6.45) is 3.57. The molecule has 0 aromatic heterocycles. The highest BCUT2D eigenvalue weighted by Crippen LogP contribution is 2.40. The lowest BCUT2D eigenvalue weighted by atomic mass is 9.81. The maximum Gasteiger partial charge on any atom is 0.324 e. The molecule has 114 valence electrons. The molecule has 0 bridgehead atoms. The van der Waals surface area contributed by atoms with Gasteiger partial charge in [-0.15, -0.1) is 0 Å². The Morgan fingerprint density at radius 1 is 1.23 bits per heavy atom. The van der Waals surface area contributed by atoms with Gasteiger partial charge in [0.25, 0.3) is 0 Å². The molecule has 0 radical (unpaired) electrons. The highest BCUT2D eigenvalue weighted by Gasteiger charge is 2.63. The lowest BCUT2D eigenvalue weighted by Gasteiger charge is -2.24. The van der Waals surface area contributed by atoms with Crippen molar-refractivity contribution in [2.24, 2.45) is 11.8 Å². The molecule has 2 heterocycles. The molecule has 2 fully saturated rings. The van der Waals surface area contributed by atoms with Crippen molar-refractivity contribution >= 4 is 23.9 Å². The first-order chi connectivity index (χ1) is 10.4. The molecule has 0 saturated carbocycles. The Morgan fingerprint density at radius 2 is 1.91 bits per heavy atom. The second kappa shape index (κ2) is 5.06. The first-order valence-corrected chi connectivity index (χ1v) is 7.02. The van der Waals surface area contributed by atoms with E-state index >= 15 is 0 Å². The van der Waals surface area contributed by atoms with Gasteiger partial charge in [-0.3, -0.25) is 25.0 Å². The van der Waals surface area contributed by atoms with Crippen molar-refractivity contribution in [3.8, 4) is 0 Å². The zero-order valence-electron chi connectivity index (χ0n) is 11.9. The van der Waals surface area contributed by atoms with E-state index < -0.39 is 41.2 Å². The van der Waals surface area contributed by atoms with Gasteiger partial charge in [0.05, 0.1) is 11.8 Å². The zero-order chi connectivity index (χ0) is 15.9. The number of hydrogen-bond acceptors (Lipinski definition) is 4. The molecule has 2 saturated heterocycles. The summed E-state index contributed by atoms with van der Waals surface area (Å²) in [5, 5.41) is 14.6. The molecule has 6 nitrogen and oxygen atoms in total. The third kappa shape index (κ3) is 2.12. The van der Waals surface area contributed by atoms with Gasteiger partial charge in [0.1, 0.15) is 5.54 Å². The normalized spacial score (nSPS) is 34.0. The smallest absolute Gasteiger partial charge is 0.324 e. The summed E-state index contributed by atoms with van der Waals surface area (Å²) in [6, 6.07) is 8.97. The van der Waals surface area contributed by atoms with Crippen LogP contribution in [0, 0.1) is 11.8 Å². The second-order valence-electron chi connectivity index (χ2n) is 5.80. The number of fused-ring (bicyclic) bond motifs is 1. The van der Waals surface area contributed by atoms with Crippen molar-refractivity contribution in [3.05, 3.63) is 42.0 Å². The monoisotopic (exact) mass is 300 g/mol. The van der Waals surface area contributed by atoms with Gasteiger partial charge >= 0.3 is 5.97 Å². The molecule has 1 aromatic carbocycles. The van der Waals surface area contributed by atoms with Crippen LogP contribution in [-0.2, 0) is 14.4 Å². The van der Waals surface area contributed by atoms with E-state index in [9.17, 15) is 19.5 Å². The van der Waals surface area contributed by atoms with Crippen LogP contribution < -0.4 is 10.6 Å². The van der Waals surface area contributed by atoms with Gasteiger partial charge in [-0.1, -0.05) is 42.5 Å². The lowest BCUT2D eigenvalue weighted by Crippen LogP contribution is -2.53. The van der Waals surface area contributed by atoms with Gasteiger partial charge in [0, 0.05) is 6.04 Å². The highest BCUT2D eigenvalue weighted by molar-refractivity contribution is 6.09. The van der Waals surface area contributed by atoms with Gasteiger partial charge in [-0.25, -0.2) is 0 Å². The van der Waals surface area contributed by atoms with Crippen molar-refractivity contribution in [3.63, 3.8) is 0 Å². The fourth-order valence-corrected chi connectivity index (χ4v) is 3.26. The molecule has 3 rings (SSSR count). The van der Waals surface area contributed by atoms with Crippen LogP contribution in [0.1, 0.15) is 12.5 Å². The van der Waals surface area contributed by atoms with Crippen LogP contribution >= 0.6 is 0 Å². The van der Waals surface area contributed by atoms with Crippen molar-refractivity contribution in [1.29, 1.82) is 0 Å². The zero-order valence-corrected chi connectivity index (χ0v) is 11.9. The van der Waals surface area contributed by atoms with Crippen LogP contribution in [0.3, 0.4) is 0 Å². The minimum Gasteiger partial charge on any atom is -0.480 e. The van der Waals surface area contributed by atoms with E-state index in [1.54, 1.807) is 6.08 Å². The molecule has 0 spiro atoms. The minimum atomic E-state index is -1.45. The quantitative estimate of drug-likeness (QED) is 0.703. The summed E-state index contributed by atoms with van der Waals surface area (Å²) >= 11 is 0. The first kappa shape index (κ1) is 14.5. The first-order valence-electron chi connectivity index (χ1n) is 7.02. The van der Waals surface area contributed by atoms with Gasteiger partial charge in [-0.2, -0.15) is 0 Å². The Morgan fingerprint density at radius 3 is 2.55 bits per heavy atom. The molecule has 0 aliphatic carbocycles. The van der Waals surface area contributed by atoms with E-state index in [4.69, 9.17) is 0 Å². The van der Waals surface area contributed by atoms with Gasteiger partial charge in [0.2, 0.25) is 11.8 Å². The summed E-state index contributed by atoms with van der Waals surface area (Å²) in [4.78, 5) is 35.5. The van der Waals surface area contributed by atoms with Crippen LogP contribution in [0.25, 0.3) is 6.08 Å². The highest BCUT2D eigenvalue weighted by atomic mass is 16.4. The van der Waals surface area contributed by atoms with E-state index in [2.05, 4.69) is 10.6 Å². The fraction of sp³-hybridized carbons (Fsp3) is 0.312. The number of carbonyl (C=O) groups is 3. The second-order valence-corrected chi connectivity index (χ2v) is 5.80. The molecule has 3 N–H and O–H groups in total. The predicted octanol–water partition coefficient (Wildman–Crippen LogP) is 0.404. The molecular weight excluding hydrogens is 284 g/mol. The number of carboxylic acid groups (broad SMARTS) is 1. The Labute approximate surface area is 127 Å². The number of rotatable bonds is 3. The SMILES string of the molecule is CC1(C(=O)O)NC(C=Cc2ccccc2)C2C(=O)NC(=O)C21. The Hall–Kier alpha value is -2.47. The number of hydrogen-bond donors (Lipinski definition) is 3. The fourth-order valence-electron chi connectivity index (χ4n) is 3.26. The number of carbonyl (C=O) groups excluding carboxylic acids is 2. The maximum absolute atomic E-state index is 12.0. The van der Waals surface area contributed by atoms with Crippen LogP contribution in [0.15, 0.2) is 36.4 Å². The van der Waals surface area contributed by atoms with Crippen LogP contribution in [0.5, 0.6) is 0 Å². The topological polar surface area (TPSA) is 95.5 Å². The molecule has 4 atom stereocenters. The molecule has 4 unspecified atom stereocenters. The minimum absolute atomic E-state index is 0.421. The number of imide groups is 1. The van der Waals surface area contributed by atoms with E-state index in [1.165, 1.54) is 6.92 Å². The molecule has 2 aliphatic heterocycles. The predicted molar refractivity (Wildman–Crippen MR) is 78.6 cm³/mol. The summed E-state index contributed by atoms with van der Waals surface area (Å²) < 4.78 is 0. The molecule has 2 aliphatic rings. The van der Waals surface area contributed by atoms with Crippen LogP contribution in [0.2, 0.25) is 0 Å². The standard InChI is InChI=1S/C16H16N2O4/c1-16(15(21)22)12-11(13(19)17-14(12)20)10(18-16)8-7-9-5-3-2-4-6-9/h2-8,10-12,18H,1H3,(H,21,22)(H,17,19,20). The van der Waals surface area contributed by atoms with E-state index in [-0.39, 0.29) is 0 Å². The number of aliphatic carboxylic acids is 1. The largest absolute Gasteiger partial charge is 0.480 e. The lowest BCUT2D eigenvalue weighted by molar-refractivity contribution is -0.148. The summed E-state index contributed by atoms with van der Waals surface area (Å²) in [5.41, 5.74) is -0.512. The van der Waals surface area contributed by atoms with Crippen molar-refractivity contribution in [2.45, 2.75) is 18.5 Å². The summed E-state index contributed by atoms with van der Waals surface area (Å²) in [7, 11) is 0. The Kier molecular flexibility index (Phi) is 3.33. The average molecular weight is 300 g/mol. The van der Waals surface area contributed by atoms with Gasteiger partial charge in [0.15, 0.2) is 0 Å². The van der Waals surface area contributed by atoms with E-state index in [0.717, 1.165) is 5.56 Å². The molecule has 6 heteroatoms. The van der Waals surface area contributed by atoms with E-state index in [0.29, 0.717) is 0 Å². The molecule has 22 heavy (non-hydrogen) atoms. The van der Waals surface area contributed by atoms with Gasteiger partial charge < -0.3 is 5.11 Å². The van der Waals surface area contributed by atoms with Crippen LogP contribution in [-0.4, -0.2) is 34.5 Å². The molecule has 1 aromatic rings. The van der Waals surface area contributed by atoms with Crippen molar-refractivity contribution in [1.82, 2.24) is 10.6 Å². The van der Waals surface area contributed by atoms with Crippen LogP contribution in [0.4, 0.5) is 0 Å². The summed E-state index contributed by atoms with van der Waals surface area (Å²) in [5.74, 6) is -3.68.